The molecule has 0 saturated carbocycles. The summed E-state index contributed by atoms with van der Waals surface area (Å²) in [6.07, 6.45) is 0. The van der Waals surface area contributed by atoms with Crippen LogP contribution >= 0.6 is 22.7 Å². The molecule has 4 aromatic rings. The molecule has 11 heteroatoms. The number of thiophene rings is 1. The van der Waals surface area contributed by atoms with Gasteiger partial charge >= 0.3 is 4.87 Å². The van der Waals surface area contributed by atoms with Crippen molar-refractivity contribution in [1.82, 2.24) is 19.3 Å². The fourth-order valence-corrected chi connectivity index (χ4v) is 7.23. The quantitative estimate of drug-likeness (QED) is 0.489. The lowest BCUT2D eigenvalue weighted by molar-refractivity contribution is 0.385. The van der Waals surface area contributed by atoms with Crippen molar-refractivity contribution in [3.63, 3.8) is 0 Å². The number of rotatable bonds is 4. The van der Waals surface area contributed by atoms with Crippen LogP contribution in [0.1, 0.15) is 5.69 Å². The van der Waals surface area contributed by atoms with Gasteiger partial charge < -0.3 is 9.88 Å². The van der Waals surface area contributed by atoms with Crippen molar-refractivity contribution in [3.8, 4) is 10.7 Å². The smallest absolute Gasteiger partial charge is 0.305 e. The zero-order valence-corrected chi connectivity index (χ0v) is 19.1. The summed E-state index contributed by atoms with van der Waals surface area (Å²) < 4.78 is 27.6. The number of aryl methyl sites for hydroxylation is 1. The summed E-state index contributed by atoms with van der Waals surface area (Å²) >= 11 is 2.33. The molecule has 1 aromatic carbocycles. The van der Waals surface area contributed by atoms with Crippen molar-refractivity contribution in [2.45, 2.75) is 11.1 Å². The van der Waals surface area contributed by atoms with Gasteiger partial charge in [0.2, 0.25) is 0 Å². The van der Waals surface area contributed by atoms with Gasteiger partial charge in [-0.05, 0) is 30.5 Å². The first-order chi connectivity index (χ1) is 14.9. The average Bonchev–Trinajstić information content (AvgIpc) is 3.43. The Morgan fingerprint density at radius 2 is 1.81 bits per heavy atom. The van der Waals surface area contributed by atoms with Crippen LogP contribution in [0.5, 0.6) is 0 Å². The molecule has 4 heterocycles. The van der Waals surface area contributed by atoms with Crippen molar-refractivity contribution in [1.29, 1.82) is 0 Å². The van der Waals surface area contributed by atoms with E-state index < -0.39 is 10.0 Å². The Bertz CT molecular complexity index is 1400. The molecule has 0 unspecified atom stereocenters. The van der Waals surface area contributed by atoms with E-state index in [1.165, 1.54) is 4.31 Å². The van der Waals surface area contributed by atoms with Gasteiger partial charge in [0, 0.05) is 37.3 Å². The van der Waals surface area contributed by atoms with Gasteiger partial charge in [-0.15, -0.1) is 11.3 Å². The van der Waals surface area contributed by atoms with E-state index in [-0.39, 0.29) is 9.08 Å². The number of sulfonamides is 1. The molecular weight excluding hydrogens is 454 g/mol. The fourth-order valence-electron chi connectivity index (χ4n) is 3.71. The molecule has 160 valence electrons. The molecule has 0 aliphatic carbocycles. The molecule has 0 radical (unpaired) electrons. The highest BCUT2D eigenvalue weighted by Gasteiger charge is 2.32. The number of hydrogen-bond donors (Lipinski definition) is 1. The molecule has 5 rings (SSSR count). The van der Waals surface area contributed by atoms with E-state index in [0.29, 0.717) is 37.7 Å². The second-order valence-electron chi connectivity index (χ2n) is 7.18. The van der Waals surface area contributed by atoms with Crippen molar-refractivity contribution in [3.05, 3.63) is 57.1 Å². The van der Waals surface area contributed by atoms with E-state index in [1.807, 2.05) is 41.8 Å². The van der Waals surface area contributed by atoms with Gasteiger partial charge in [0.05, 0.1) is 10.4 Å². The molecule has 0 spiro atoms. The van der Waals surface area contributed by atoms with Crippen LogP contribution in [0.25, 0.3) is 21.6 Å². The Labute approximate surface area is 186 Å². The third-order valence-corrected chi connectivity index (χ3v) is 9.56. The molecule has 1 aliphatic rings. The lowest BCUT2D eigenvalue weighted by atomic mass is 10.2. The van der Waals surface area contributed by atoms with Gasteiger partial charge in [-0.25, -0.2) is 18.4 Å². The third kappa shape index (κ3) is 3.67. The van der Waals surface area contributed by atoms with E-state index in [9.17, 15) is 13.2 Å². The van der Waals surface area contributed by atoms with Crippen LogP contribution in [0.3, 0.4) is 0 Å². The van der Waals surface area contributed by atoms with Gasteiger partial charge in [-0.2, -0.15) is 4.31 Å². The second-order valence-corrected chi connectivity index (χ2v) is 11.2. The first kappa shape index (κ1) is 20.3. The molecule has 0 atom stereocenters. The lowest BCUT2D eigenvalue weighted by Crippen LogP contribution is -2.49. The number of fused-ring (bicyclic) bond motifs is 1. The minimum atomic E-state index is -3.70. The summed E-state index contributed by atoms with van der Waals surface area (Å²) in [4.78, 5) is 26.4. The van der Waals surface area contributed by atoms with Gasteiger partial charge in [0.25, 0.3) is 10.0 Å². The van der Waals surface area contributed by atoms with Crippen LogP contribution in [0.4, 0.5) is 5.82 Å². The Kier molecular flexibility index (Phi) is 5.13. The Hall–Kier alpha value is -2.60. The molecule has 0 bridgehead atoms. The summed E-state index contributed by atoms with van der Waals surface area (Å²) in [5.74, 6) is 1.49. The number of para-hydroxylation sites is 1. The minimum Gasteiger partial charge on any atom is -0.353 e. The molecule has 0 amide bonds. The van der Waals surface area contributed by atoms with E-state index in [4.69, 9.17) is 9.97 Å². The predicted octanol–water partition coefficient (Wildman–Crippen LogP) is 2.93. The van der Waals surface area contributed by atoms with Crippen molar-refractivity contribution in [2.24, 2.45) is 0 Å². The maximum atomic E-state index is 13.0. The lowest BCUT2D eigenvalue weighted by Gasteiger charge is -2.35. The number of H-pyrrole nitrogens is 1. The largest absolute Gasteiger partial charge is 0.353 e. The summed E-state index contributed by atoms with van der Waals surface area (Å²) in [6, 6.07) is 11.8. The van der Waals surface area contributed by atoms with Gasteiger partial charge in [-0.1, -0.05) is 29.5 Å². The summed E-state index contributed by atoms with van der Waals surface area (Å²) in [7, 11) is -3.70. The highest BCUT2D eigenvalue weighted by Crippen LogP contribution is 2.31. The summed E-state index contributed by atoms with van der Waals surface area (Å²) in [5, 5.41) is 2.94. The van der Waals surface area contributed by atoms with Crippen LogP contribution in [0, 0.1) is 6.92 Å². The van der Waals surface area contributed by atoms with Crippen LogP contribution in [0.2, 0.25) is 0 Å². The zero-order chi connectivity index (χ0) is 21.6. The highest BCUT2D eigenvalue weighted by molar-refractivity contribution is 7.91. The van der Waals surface area contributed by atoms with Gasteiger partial charge in [-0.3, -0.25) is 4.79 Å². The summed E-state index contributed by atoms with van der Waals surface area (Å²) in [5.41, 5.74) is 1.25. The van der Waals surface area contributed by atoms with E-state index in [1.54, 1.807) is 18.3 Å². The first-order valence-electron chi connectivity index (χ1n) is 9.69. The monoisotopic (exact) mass is 473 g/mol. The average molecular weight is 474 g/mol. The molecule has 1 saturated heterocycles. The number of aromatic nitrogens is 3. The second kappa shape index (κ2) is 7.83. The number of anilines is 1. The Morgan fingerprint density at radius 3 is 2.48 bits per heavy atom. The SMILES string of the molecule is Cc1[nH]c(=O)sc1S(=O)(=O)N1CCN(c2nc(-c3cccs3)nc3ccccc23)CC1. The first-order valence-corrected chi connectivity index (χ1v) is 12.8. The van der Waals surface area contributed by atoms with Crippen LogP contribution in [0.15, 0.2) is 50.8 Å². The zero-order valence-electron chi connectivity index (χ0n) is 16.6. The number of piperazine rings is 1. The molecular formula is C20H19N5O3S3. The Morgan fingerprint density at radius 1 is 1.03 bits per heavy atom. The topological polar surface area (TPSA) is 99.3 Å². The van der Waals surface area contributed by atoms with Gasteiger partial charge in [0.1, 0.15) is 5.82 Å². The number of aromatic amines is 1. The molecule has 1 fully saturated rings. The molecule has 31 heavy (non-hydrogen) atoms. The maximum absolute atomic E-state index is 13.0. The van der Waals surface area contributed by atoms with Crippen molar-refractivity contribution < 1.29 is 8.42 Å². The maximum Gasteiger partial charge on any atom is 0.305 e. The van der Waals surface area contributed by atoms with E-state index in [2.05, 4.69) is 9.88 Å². The Balaban J connectivity index is 1.46. The van der Waals surface area contributed by atoms with Crippen molar-refractivity contribution in [2.75, 3.05) is 31.1 Å². The fraction of sp³-hybridized carbons (Fsp3) is 0.250. The van der Waals surface area contributed by atoms with Crippen LogP contribution in [-0.2, 0) is 10.0 Å². The molecule has 8 nitrogen and oxygen atoms in total. The van der Waals surface area contributed by atoms with Crippen LogP contribution < -0.4 is 9.77 Å². The predicted molar refractivity (Wildman–Crippen MR) is 123 cm³/mol. The normalized spacial score (nSPS) is 15.6. The number of thiazole rings is 1. The van der Waals surface area contributed by atoms with Crippen molar-refractivity contribution >= 4 is 49.4 Å². The minimum absolute atomic E-state index is 0.0958. The standard InChI is InChI=1S/C20H19N5O3S3/c1-13-19(30-20(26)21-13)31(27,28)25-10-8-24(9-11-25)18-14-5-2-3-6-15(14)22-17(23-18)16-7-4-12-29-16/h2-7,12H,8-11H2,1H3,(H,21,26). The number of nitrogens with zero attached hydrogens (tertiary/aromatic N) is 4. The molecule has 3 aromatic heterocycles. The van der Waals surface area contributed by atoms with Gasteiger partial charge in [0.15, 0.2) is 10.0 Å². The molecule has 1 N–H and O–H groups in total. The van der Waals surface area contributed by atoms with Crippen LogP contribution in [-0.4, -0.2) is 53.9 Å². The number of hydrogen-bond acceptors (Lipinski definition) is 8. The summed E-state index contributed by atoms with van der Waals surface area (Å²) in [6.45, 7) is 3.26. The van der Waals surface area contributed by atoms with E-state index >= 15 is 0 Å². The molecule has 1 aliphatic heterocycles. The van der Waals surface area contributed by atoms with E-state index in [0.717, 1.165) is 32.9 Å². The highest BCUT2D eigenvalue weighted by atomic mass is 32.2. The third-order valence-electron chi connectivity index (χ3n) is 5.22. The number of benzene rings is 1. The number of nitrogens with one attached hydrogen (secondary N) is 1.